The molecular formula is C19H20N2O3. The van der Waals surface area contributed by atoms with E-state index in [-0.39, 0.29) is 12.3 Å². The number of aromatic nitrogens is 1. The molecule has 1 N–H and O–H groups in total. The highest BCUT2D eigenvalue weighted by Crippen LogP contribution is 2.27. The number of nitrogens with one attached hydrogen (secondary N) is 1. The molecule has 1 amide bonds. The fraction of sp³-hybridized carbons (Fsp3) is 0.263. The zero-order valence-corrected chi connectivity index (χ0v) is 14.3. The lowest BCUT2D eigenvalue weighted by atomic mass is 10.1. The van der Waals surface area contributed by atoms with Crippen molar-refractivity contribution in [1.82, 2.24) is 5.16 Å². The summed E-state index contributed by atoms with van der Waals surface area (Å²) in [6.45, 7) is 5.95. The summed E-state index contributed by atoms with van der Waals surface area (Å²) >= 11 is 0. The van der Waals surface area contributed by atoms with E-state index in [0.29, 0.717) is 17.1 Å². The molecular weight excluding hydrogens is 304 g/mol. The van der Waals surface area contributed by atoms with Crippen LogP contribution in [0.3, 0.4) is 0 Å². The number of nitrogens with zero attached hydrogens (tertiary/aromatic N) is 1. The second kappa shape index (κ2) is 6.35. The number of hydrogen-bond acceptors (Lipinski definition) is 4. The Kier molecular flexibility index (Phi) is 4.25. The van der Waals surface area contributed by atoms with Crippen molar-refractivity contribution in [2.45, 2.75) is 27.2 Å². The summed E-state index contributed by atoms with van der Waals surface area (Å²) in [5.74, 6) is 0.471. The van der Waals surface area contributed by atoms with Crippen molar-refractivity contribution in [2.24, 2.45) is 0 Å². The molecule has 0 aliphatic heterocycles. The summed E-state index contributed by atoms with van der Waals surface area (Å²) in [5.41, 5.74) is 5.21. The Hall–Kier alpha value is -2.82. The molecule has 0 spiro atoms. The highest BCUT2D eigenvalue weighted by Gasteiger charge is 2.15. The number of anilines is 1. The molecule has 0 radical (unpaired) electrons. The Morgan fingerprint density at radius 2 is 1.96 bits per heavy atom. The van der Waals surface area contributed by atoms with Crippen molar-refractivity contribution in [2.75, 3.05) is 12.4 Å². The topological polar surface area (TPSA) is 64.4 Å². The lowest BCUT2D eigenvalue weighted by Gasteiger charge is -2.10. The van der Waals surface area contributed by atoms with Gasteiger partial charge < -0.3 is 14.6 Å². The van der Waals surface area contributed by atoms with Crippen LogP contribution in [-0.2, 0) is 11.2 Å². The van der Waals surface area contributed by atoms with E-state index < -0.39 is 0 Å². The van der Waals surface area contributed by atoms with E-state index in [9.17, 15) is 4.79 Å². The van der Waals surface area contributed by atoms with Gasteiger partial charge in [0.25, 0.3) is 0 Å². The fourth-order valence-corrected chi connectivity index (χ4v) is 2.83. The Labute approximate surface area is 140 Å². The predicted molar refractivity (Wildman–Crippen MR) is 93.5 cm³/mol. The van der Waals surface area contributed by atoms with Gasteiger partial charge in [0.15, 0.2) is 5.58 Å². The highest BCUT2D eigenvalue weighted by atomic mass is 16.5. The molecule has 2 aromatic carbocycles. The Bertz CT molecular complexity index is 912. The quantitative estimate of drug-likeness (QED) is 0.789. The molecule has 1 aromatic heterocycles. The Morgan fingerprint density at radius 1 is 1.17 bits per heavy atom. The van der Waals surface area contributed by atoms with Gasteiger partial charge in [-0.2, -0.15) is 0 Å². The molecule has 24 heavy (non-hydrogen) atoms. The Balaban J connectivity index is 1.85. The average Bonchev–Trinajstić information content (AvgIpc) is 2.90. The van der Waals surface area contributed by atoms with Gasteiger partial charge in [-0.15, -0.1) is 0 Å². The standard InChI is InChI=1S/C19H20N2O3/c1-11-5-6-17(23-4)16(9-11)20-18(22)10-15-14-8-12(2)7-13(3)19(14)24-21-15/h5-9H,10H2,1-4H3,(H,20,22). The maximum atomic E-state index is 12.4. The van der Waals surface area contributed by atoms with E-state index in [0.717, 1.165) is 27.7 Å². The SMILES string of the molecule is COc1ccc(C)cc1NC(=O)Cc1noc2c(C)cc(C)cc12. The zero-order chi connectivity index (χ0) is 17.3. The number of carbonyl (C=O) groups is 1. The van der Waals surface area contributed by atoms with Gasteiger partial charge in [0.05, 0.1) is 19.2 Å². The molecule has 0 atom stereocenters. The lowest BCUT2D eigenvalue weighted by molar-refractivity contribution is -0.115. The van der Waals surface area contributed by atoms with Crippen LogP contribution in [0.1, 0.15) is 22.4 Å². The van der Waals surface area contributed by atoms with Gasteiger partial charge >= 0.3 is 0 Å². The van der Waals surface area contributed by atoms with E-state index in [1.807, 2.05) is 51.1 Å². The minimum absolute atomic E-state index is 0.146. The molecule has 0 unspecified atom stereocenters. The van der Waals surface area contributed by atoms with Crippen LogP contribution in [0, 0.1) is 20.8 Å². The maximum absolute atomic E-state index is 12.4. The first-order chi connectivity index (χ1) is 11.5. The van der Waals surface area contributed by atoms with Crippen LogP contribution in [0.15, 0.2) is 34.9 Å². The van der Waals surface area contributed by atoms with Crippen LogP contribution < -0.4 is 10.1 Å². The van der Waals surface area contributed by atoms with Crippen molar-refractivity contribution in [3.63, 3.8) is 0 Å². The summed E-state index contributed by atoms with van der Waals surface area (Å²) in [6, 6.07) is 9.68. The number of benzene rings is 2. The minimum atomic E-state index is -0.159. The molecule has 5 nitrogen and oxygen atoms in total. The summed E-state index contributed by atoms with van der Waals surface area (Å²) in [4.78, 5) is 12.4. The summed E-state index contributed by atoms with van der Waals surface area (Å²) in [7, 11) is 1.58. The first-order valence-electron chi connectivity index (χ1n) is 7.78. The first-order valence-corrected chi connectivity index (χ1v) is 7.78. The summed E-state index contributed by atoms with van der Waals surface area (Å²) in [6.07, 6.45) is 0.146. The molecule has 124 valence electrons. The molecule has 0 saturated carbocycles. The third-order valence-corrected chi connectivity index (χ3v) is 3.93. The van der Waals surface area contributed by atoms with E-state index in [2.05, 4.69) is 10.5 Å². The maximum Gasteiger partial charge on any atom is 0.230 e. The molecule has 0 aliphatic carbocycles. The average molecular weight is 324 g/mol. The van der Waals surface area contributed by atoms with Gasteiger partial charge in [0, 0.05) is 5.39 Å². The van der Waals surface area contributed by atoms with Crippen LogP contribution in [0.5, 0.6) is 5.75 Å². The minimum Gasteiger partial charge on any atom is -0.495 e. The van der Waals surface area contributed by atoms with Crippen molar-refractivity contribution < 1.29 is 14.1 Å². The second-order valence-corrected chi connectivity index (χ2v) is 6.02. The zero-order valence-electron chi connectivity index (χ0n) is 14.3. The highest BCUT2D eigenvalue weighted by molar-refractivity contribution is 5.96. The second-order valence-electron chi connectivity index (χ2n) is 6.02. The van der Waals surface area contributed by atoms with Crippen molar-refractivity contribution >= 4 is 22.6 Å². The fourth-order valence-electron chi connectivity index (χ4n) is 2.83. The number of aryl methyl sites for hydroxylation is 3. The summed E-state index contributed by atoms with van der Waals surface area (Å²) < 4.78 is 10.7. The van der Waals surface area contributed by atoms with Crippen molar-refractivity contribution in [3.8, 4) is 5.75 Å². The first kappa shape index (κ1) is 16.1. The third-order valence-electron chi connectivity index (χ3n) is 3.93. The number of rotatable bonds is 4. The number of ether oxygens (including phenoxy) is 1. The molecule has 0 bridgehead atoms. The molecule has 3 rings (SSSR count). The van der Waals surface area contributed by atoms with Gasteiger partial charge in [-0.1, -0.05) is 17.3 Å². The van der Waals surface area contributed by atoms with E-state index in [1.165, 1.54) is 0 Å². The van der Waals surface area contributed by atoms with E-state index in [4.69, 9.17) is 9.26 Å². The molecule has 1 heterocycles. The predicted octanol–water partition coefficient (Wildman–Crippen LogP) is 3.94. The molecule has 0 fully saturated rings. The number of fused-ring (bicyclic) bond motifs is 1. The Morgan fingerprint density at radius 3 is 2.71 bits per heavy atom. The van der Waals surface area contributed by atoms with Gasteiger partial charge in [0.1, 0.15) is 11.4 Å². The normalized spacial score (nSPS) is 10.8. The van der Waals surface area contributed by atoms with Crippen LogP contribution in [0.25, 0.3) is 11.0 Å². The van der Waals surface area contributed by atoms with E-state index >= 15 is 0 Å². The van der Waals surface area contributed by atoms with Gasteiger partial charge in [-0.3, -0.25) is 4.79 Å². The van der Waals surface area contributed by atoms with Crippen LogP contribution >= 0.6 is 0 Å². The van der Waals surface area contributed by atoms with Crippen LogP contribution in [-0.4, -0.2) is 18.2 Å². The number of hydrogen-bond donors (Lipinski definition) is 1. The number of methoxy groups -OCH3 is 1. The largest absolute Gasteiger partial charge is 0.495 e. The van der Waals surface area contributed by atoms with Gasteiger partial charge in [-0.25, -0.2) is 0 Å². The van der Waals surface area contributed by atoms with Crippen molar-refractivity contribution in [1.29, 1.82) is 0 Å². The monoisotopic (exact) mass is 324 g/mol. The third kappa shape index (κ3) is 3.11. The molecule has 5 heteroatoms. The molecule has 0 saturated heterocycles. The van der Waals surface area contributed by atoms with Crippen LogP contribution in [0.4, 0.5) is 5.69 Å². The lowest BCUT2D eigenvalue weighted by Crippen LogP contribution is -2.15. The summed E-state index contributed by atoms with van der Waals surface area (Å²) in [5, 5.41) is 7.85. The van der Waals surface area contributed by atoms with Gasteiger partial charge in [0.2, 0.25) is 5.91 Å². The van der Waals surface area contributed by atoms with E-state index in [1.54, 1.807) is 7.11 Å². The van der Waals surface area contributed by atoms with Crippen LogP contribution in [0.2, 0.25) is 0 Å². The number of amides is 1. The number of carbonyl (C=O) groups excluding carboxylic acids is 1. The van der Waals surface area contributed by atoms with Crippen molar-refractivity contribution in [3.05, 3.63) is 52.7 Å². The smallest absolute Gasteiger partial charge is 0.230 e. The molecule has 0 aliphatic rings. The molecule has 3 aromatic rings. The van der Waals surface area contributed by atoms with Gasteiger partial charge in [-0.05, 0) is 55.7 Å².